The molecule has 0 radical (unpaired) electrons. The number of carbonyl (C=O) groups is 1. The van der Waals surface area contributed by atoms with E-state index in [9.17, 15) is 18.0 Å². The van der Waals surface area contributed by atoms with Crippen molar-refractivity contribution in [1.82, 2.24) is 9.88 Å². The first kappa shape index (κ1) is 18.2. The van der Waals surface area contributed by atoms with Crippen molar-refractivity contribution < 1.29 is 22.8 Å². The van der Waals surface area contributed by atoms with Crippen LogP contribution in [0.5, 0.6) is 5.75 Å². The Hall–Kier alpha value is -3.13. The Balaban J connectivity index is 2.64. The number of aryl methyl sites for hydroxylation is 1. The van der Waals surface area contributed by atoms with Gasteiger partial charge in [0, 0.05) is 30.5 Å². The van der Waals surface area contributed by atoms with Gasteiger partial charge in [-0.1, -0.05) is 0 Å². The van der Waals surface area contributed by atoms with Crippen LogP contribution >= 0.6 is 0 Å². The number of halogens is 3. The molecule has 0 atom stereocenters. The average molecular weight is 353 g/mol. The molecule has 0 bridgehead atoms. The lowest BCUT2D eigenvalue weighted by Crippen LogP contribution is -2.18. The molecule has 132 valence electrons. The molecule has 2 rings (SSSR count). The van der Waals surface area contributed by atoms with Gasteiger partial charge in [0.2, 0.25) is 5.91 Å². The van der Waals surface area contributed by atoms with Gasteiger partial charge in [-0.3, -0.25) is 4.79 Å². The molecule has 1 heterocycles. The van der Waals surface area contributed by atoms with Crippen LogP contribution in [0.1, 0.15) is 16.8 Å². The fourth-order valence-electron chi connectivity index (χ4n) is 2.24. The van der Waals surface area contributed by atoms with Crippen molar-refractivity contribution in [1.29, 1.82) is 0 Å². The Bertz CT molecular complexity index is 893. The standard InChI is InChI=1S/C15H14F3N5O2/c1-8-6-9(4-5-11(24)23(2)3)7-10-12(8)20-14(15(16,17)18)13(10)25-22-21-19/h4-7,20H,1-3H3/b5-4+. The van der Waals surface area contributed by atoms with Gasteiger partial charge < -0.3 is 14.7 Å². The van der Waals surface area contributed by atoms with E-state index in [1.165, 1.54) is 23.1 Å². The maximum atomic E-state index is 13.2. The molecule has 0 unspecified atom stereocenters. The number of nitrogens with zero attached hydrogens (tertiary/aromatic N) is 4. The molecule has 0 saturated carbocycles. The maximum absolute atomic E-state index is 13.2. The van der Waals surface area contributed by atoms with Gasteiger partial charge in [0.25, 0.3) is 0 Å². The highest BCUT2D eigenvalue weighted by molar-refractivity contribution is 5.95. The molecule has 0 aliphatic heterocycles. The van der Waals surface area contributed by atoms with Crippen LogP contribution in [0.15, 0.2) is 23.5 Å². The lowest BCUT2D eigenvalue weighted by molar-refractivity contribution is -0.142. The molecule has 25 heavy (non-hydrogen) atoms. The number of hydrogen-bond acceptors (Lipinski definition) is 3. The molecule has 0 spiro atoms. The van der Waals surface area contributed by atoms with E-state index in [4.69, 9.17) is 5.53 Å². The molecular formula is C15H14F3N5O2. The van der Waals surface area contributed by atoms with Gasteiger partial charge in [-0.05, 0) is 41.8 Å². The van der Waals surface area contributed by atoms with Crippen molar-refractivity contribution >= 4 is 22.9 Å². The van der Waals surface area contributed by atoms with E-state index in [0.29, 0.717) is 11.1 Å². The van der Waals surface area contributed by atoms with Gasteiger partial charge in [-0.2, -0.15) is 13.2 Å². The quantitative estimate of drug-likeness (QED) is 0.293. The van der Waals surface area contributed by atoms with Crippen molar-refractivity contribution in [2.75, 3.05) is 14.1 Å². The number of benzene rings is 1. The highest BCUT2D eigenvalue weighted by Gasteiger charge is 2.38. The summed E-state index contributed by atoms with van der Waals surface area (Å²) in [5.74, 6) is -0.883. The number of carbonyl (C=O) groups excluding carboxylic acids is 1. The molecule has 2 aromatic rings. The Morgan fingerprint density at radius 1 is 1.40 bits per heavy atom. The number of rotatable bonds is 4. The van der Waals surface area contributed by atoms with Crippen LogP contribution in [0.3, 0.4) is 0 Å². The number of aromatic amines is 1. The van der Waals surface area contributed by atoms with Gasteiger partial charge in [-0.25, -0.2) is 0 Å². The summed E-state index contributed by atoms with van der Waals surface area (Å²) in [6.45, 7) is 1.61. The smallest absolute Gasteiger partial charge is 0.391 e. The number of aromatic nitrogens is 1. The molecule has 1 aromatic heterocycles. The highest BCUT2D eigenvalue weighted by Crippen LogP contribution is 2.42. The Morgan fingerprint density at radius 3 is 2.64 bits per heavy atom. The first-order valence-electron chi connectivity index (χ1n) is 6.99. The van der Waals surface area contributed by atoms with Crippen molar-refractivity contribution in [3.8, 4) is 5.75 Å². The fraction of sp³-hybridized carbons (Fsp3) is 0.267. The zero-order valence-corrected chi connectivity index (χ0v) is 13.5. The van der Waals surface area contributed by atoms with Crippen LogP contribution in [0.25, 0.3) is 27.4 Å². The first-order valence-corrected chi connectivity index (χ1v) is 6.99. The van der Waals surface area contributed by atoms with Gasteiger partial charge in [0.05, 0.1) is 5.52 Å². The molecule has 0 aliphatic rings. The third-order valence-corrected chi connectivity index (χ3v) is 3.39. The van der Waals surface area contributed by atoms with Gasteiger partial charge in [-0.15, -0.1) is 0 Å². The molecule has 0 aliphatic carbocycles. The predicted octanol–water partition coefficient (Wildman–Crippen LogP) is 4.20. The number of nitrogens with one attached hydrogen (secondary N) is 1. The summed E-state index contributed by atoms with van der Waals surface area (Å²) in [4.78, 5) is 22.1. The second-order valence-electron chi connectivity index (χ2n) is 5.42. The maximum Gasteiger partial charge on any atom is 0.435 e. The van der Waals surface area contributed by atoms with E-state index in [1.54, 1.807) is 27.1 Å². The zero-order valence-electron chi connectivity index (χ0n) is 13.5. The molecule has 1 aromatic carbocycles. The van der Waals surface area contributed by atoms with Crippen LogP contribution < -0.4 is 4.84 Å². The molecule has 0 saturated heterocycles. The minimum atomic E-state index is -4.72. The normalized spacial score (nSPS) is 11.6. The first-order chi connectivity index (χ1) is 11.6. The number of hydrogen-bond donors (Lipinski definition) is 1. The van der Waals surface area contributed by atoms with Crippen molar-refractivity contribution in [2.24, 2.45) is 5.28 Å². The third-order valence-electron chi connectivity index (χ3n) is 3.39. The summed E-state index contributed by atoms with van der Waals surface area (Å²) in [5.41, 5.74) is 8.39. The number of fused-ring (bicyclic) bond motifs is 1. The number of alkyl halides is 3. The minimum Gasteiger partial charge on any atom is -0.391 e. The molecule has 0 fully saturated rings. The second kappa shape index (κ2) is 6.78. The van der Waals surface area contributed by atoms with E-state index in [1.807, 2.05) is 0 Å². The van der Waals surface area contributed by atoms with E-state index >= 15 is 0 Å². The van der Waals surface area contributed by atoms with E-state index < -0.39 is 17.6 Å². The summed E-state index contributed by atoms with van der Waals surface area (Å²) in [6, 6.07) is 3.03. The molecule has 1 amide bonds. The minimum absolute atomic E-state index is 0.0941. The zero-order chi connectivity index (χ0) is 18.8. The van der Waals surface area contributed by atoms with Crippen molar-refractivity contribution in [2.45, 2.75) is 13.1 Å². The predicted molar refractivity (Wildman–Crippen MR) is 85.5 cm³/mol. The van der Waals surface area contributed by atoms with Crippen LogP contribution in [-0.4, -0.2) is 29.9 Å². The van der Waals surface area contributed by atoms with Gasteiger partial charge in [0.15, 0.2) is 11.4 Å². The largest absolute Gasteiger partial charge is 0.435 e. The van der Waals surface area contributed by atoms with E-state index in [2.05, 4.69) is 20.0 Å². The Labute approximate surface area is 140 Å². The summed E-state index contributed by atoms with van der Waals surface area (Å²) in [7, 11) is 3.16. The van der Waals surface area contributed by atoms with E-state index in [0.717, 1.165) is 0 Å². The Kier molecular flexibility index (Phi) is 4.94. The fourth-order valence-corrected chi connectivity index (χ4v) is 2.24. The van der Waals surface area contributed by atoms with Gasteiger partial charge >= 0.3 is 6.18 Å². The molecule has 10 heteroatoms. The number of likely N-dealkylation sites (N-methyl/N-ethyl adjacent to an activating group) is 1. The third kappa shape index (κ3) is 3.86. The van der Waals surface area contributed by atoms with Gasteiger partial charge in [0.1, 0.15) is 5.28 Å². The second-order valence-corrected chi connectivity index (χ2v) is 5.42. The monoisotopic (exact) mass is 353 g/mol. The number of H-pyrrole nitrogens is 1. The number of azide groups is 1. The summed E-state index contributed by atoms with van der Waals surface area (Å²) >= 11 is 0. The summed E-state index contributed by atoms with van der Waals surface area (Å²) in [5, 5.41) is 2.87. The molecular weight excluding hydrogens is 339 g/mol. The highest BCUT2D eigenvalue weighted by atomic mass is 19.4. The van der Waals surface area contributed by atoms with Crippen molar-refractivity contribution in [3.05, 3.63) is 45.5 Å². The SMILES string of the molecule is Cc1cc(/C=C/C(=O)N(C)C)cc2c(ON=[N+]=[N-])c(C(F)(F)F)[nH]c12. The van der Waals surface area contributed by atoms with Crippen LogP contribution in [0.2, 0.25) is 0 Å². The lowest BCUT2D eigenvalue weighted by atomic mass is 10.1. The number of amides is 1. The van der Waals surface area contributed by atoms with Crippen LogP contribution in [-0.2, 0) is 11.0 Å². The lowest BCUT2D eigenvalue weighted by Gasteiger charge is -2.06. The van der Waals surface area contributed by atoms with E-state index in [-0.39, 0.29) is 16.8 Å². The Morgan fingerprint density at radius 2 is 2.08 bits per heavy atom. The molecule has 1 N–H and O–H groups in total. The molecule has 7 nitrogen and oxygen atoms in total. The van der Waals surface area contributed by atoms with Crippen molar-refractivity contribution in [3.63, 3.8) is 0 Å². The van der Waals surface area contributed by atoms with Crippen LogP contribution in [0.4, 0.5) is 13.2 Å². The summed E-state index contributed by atoms with van der Waals surface area (Å²) in [6.07, 6.45) is -1.94. The topological polar surface area (TPSA) is 94.1 Å². The summed E-state index contributed by atoms with van der Waals surface area (Å²) < 4.78 is 39.5. The average Bonchev–Trinajstić information content (AvgIpc) is 2.89. The van der Waals surface area contributed by atoms with Crippen LogP contribution in [0, 0.1) is 6.92 Å².